The third-order valence-corrected chi connectivity index (χ3v) is 5.40. The number of hydrogen-bond donors (Lipinski definition) is 1. The van der Waals surface area contributed by atoms with Crippen molar-refractivity contribution in [1.29, 1.82) is 0 Å². The Labute approximate surface area is 164 Å². The molecule has 1 N–H and O–H groups in total. The van der Waals surface area contributed by atoms with Crippen LogP contribution in [0.2, 0.25) is 0 Å². The predicted molar refractivity (Wildman–Crippen MR) is 107 cm³/mol. The maximum atomic E-state index is 12.9. The summed E-state index contributed by atoms with van der Waals surface area (Å²) in [5.41, 5.74) is 1.75. The van der Waals surface area contributed by atoms with Crippen LogP contribution in [0.15, 0.2) is 30.6 Å². The third kappa shape index (κ3) is 3.47. The quantitative estimate of drug-likeness (QED) is 0.859. The fourth-order valence-electron chi connectivity index (χ4n) is 3.82. The fourth-order valence-corrected chi connectivity index (χ4v) is 3.82. The number of methoxy groups -OCH3 is 1. The lowest BCUT2D eigenvalue weighted by Crippen LogP contribution is -2.37. The molecule has 0 radical (unpaired) electrons. The van der Waals surface area contributed by atoms with Gasteiger partial charge in [0.05, 0.1) is 31.9 Å². The first kappa shape index (κ1) is 18.5. The second kappa shape index (κ2) is 7.63. The molecule has 1 aromatic carbocycles. The SMILES string of the molecule is COc1ccc(N2Cc3c(ncnc3N3CCC(O)CC3)N(C)CC2=O)cc1. The molecule has 2 aliphatic heterocycles. The van der Waals surface area contributed by atoms with Crippen molar-refractivity contribution in [2.24, 2.45) is 0 Å². The summed E-state index contributed by atoms with van der Waals surface area (Å²) < 4.78 is 5.23. The predicted octanol–water partition coefficient (Wildman–Crippen LogP) is 1.43. The molecule has 0 saturated carbocycles. The number of amides is 1. The van der Waals surface area contributed by atoms with Gasteiger partial charge in [-0.1, -0.05) is 0 Å². The summed E-state index contributed by atoms with van der Waals surface area (Å²) >= 11 is 0. The van der Waals surface area contributed by atoms with Crippen molar-refractivity contribution in [2.45, 2.75) is 25.5 Å². The van der Waals surface area contributed by atoms with Crippen molar-refractivity contribution in [2.75, 3.05) is 48.5 Å². The third-order valence-electron chi connectivity index (χ3n) is 5.40. The van der Waals surface area contributed by atoms with Gasteiger partial charge in [-0.2, -0.15) is 0 Å². The van der Waals surface area contributed by atoms with E-state index in [-0.39, 0.29) is 18.6 Å². The number of anilines is 3. The number of rotatable bonds is 3. The highest BCUT2D eigenvalue weighted by atomic mass is 16.5. The highest BCUT2D eigenvalue weighted by Gasteiger charge is 2.30. The standard InChI is InChI=1S/C20H25N5O3/c1-23-12-18(27)25(14-3-5-16(28-2)6-4-14)11-17-19(23)21-13-22-20(17)24-9-7-15(26)8-10-24/h3-6,13,15,26H,7-12H2,1-2H3. The number of aromatic nitrogens is 2. The summed E-state index contributed by atoms with van der Waals surface area (Å²) in [5, 5.41) is 9.84. The monoisotopic (exact) mass is 383 g/mol. The largest absolute Gasteiger partial charge is 0.497 e. The number of fused-ring (bicyclic) bond motifs is 1. The molecule has 1 amide bonds. The van der Waals surface area contributed by atoms with Gasteiger partial charge < -0.3 is 24.5 Å². The molecule has 8 nitrogen and oxygen atoms in total. The Morgan fingerprint density at radius 1 is 1.07 bits per heavy atom. The number of likely N-dealkylation sites (N-methyl/N-ethyl adjacent to an activating group) is 1. The summed E-state index contributed by atoms with van der Waals surface area (Å²) in [5.74, 6) is 2.38. The zero-order chi connectivity index (χ0) is 19.7. The average molecular weight is 383 g/mol. The molecule has 0 unspecified atom stereocenters. The first-order valence-corrected chi connectivity index (χ1v) is 9.49. The molecule has 2 aliphatic rings. The molecule has 2 aromatic rings. The number of aliphatic hydroxyl groups excluding tert-OH is 1. The van der Waals surface area contributed by atoms with Crippen molar-refractivity contribution >= 4 is 23.2 Å². The molecule has 1 saturated heterocycles. The van der Waals surface area contributed by atoms with Crippen LogP contribution in [-0.2, 0) is 11.3 Å². The van der Waals surface area contributed by atoms with Crippen molar-refractivity contribution in [3.63, 3.8) is 0 Å². The number of aliphatic hydroxyl groups is 1. The molecule has 1 fully saturated rings. The molecule has 4 rings (SSSR count). The molecule has 0 spiro atoms. The van der Waals surface area contributed by atoms with Gasteiger partial charge in [0.2, 0.25) is 5.91 Å². The van der Waals surface area contributed by atoms with Gasteiger partial charge in [0.1, 0.15) is 23.7 Å². The van der Waals surface area contributed by atoms with Crippen molar-refractivity contribution in [3.05, 3.63) is 36.2 Å². The van der Waals surface area contributed by atoms with Crippen LogP contribution in [0.1, 0.15) is 18.4 Å². The first-order chi connectivity index (χ1) is 13.6. The summed E-state index contributed by atoms with van der Waals surface area (Å²) in [7, 11) is 3.50. The number of hydrogen-bond acceptors (Lipinski definition) is 7. The van der Waals surface area contributed by atoms with Gasteiger partial charge in [-0.15, -0.1) is 0 Å². The van der Waals surface area contributed by atoms with Crippen LogP contribution in [0.3, 0.4) is 0 Å². The van der Waals surface area contributed by atoms with Crippen LogP contribution < -0.4 is 19.4 Å². The van der Waals surface area contributed by atoms with E-state index in [0.29, 0.717) is 6.54 Å². The second-order valence-electron chi connectivity index (χ2n) is 7.25. The topological polar surface area (TPSA) is 82.0 Å². The van der Waals surface area contributed by atoms with Gasteiger partial charge in [0, 0.05) is 25.8 Å². The van der Waals surface area contributed by atoms with Gasteiger partial charge in [-0.3, -0.25) is 4.79 Å². The summed E-state index contributed by atoms with van der Waals surface area (Å²) in [4.78, 5) is 27.8. The van der Waals surface area contributed by atoms with E-state index in [0.717, 1.165) is 54.6 Å². The van der Waals surface area contributed by atoms with Crippen LogP contribution in [0.5, 0.6) is 5.75 Å². The van der Waals surface area contributed by atoms with Crippen LogP contribution in [0.4, 0.5) is 17.3 Å². The Morgan fingerprint density at radius 3 is 2.43 bits per heavy atom. The average Bonchev–Trinajstić information content (AvgIpc) is 2.84. The van der Waals surface area contributed by atoms with E-state index in [9.17, 15) is 9.90 Å². The zero-order valence-corrected chi connectivity index (χ0v) is 16.2. The van der Waals surface area contributed by atoms with E-state index in [1.54, 1.807) is 18.3 Å². The lowest BCUT2D eigenvalue weighted by molar-refractivity contribution is -0.117. The van der Waals surface area contributed by atoms with Crippen LogP contribution in [0.25, 0.3) is 0 Å². The van der Waals surface area contributed by atoms with Crippen molar-refractivity contribution in [3.8, 4) is 5.75 Å². The summed E-state index contributed by atoms with van der Waals surface area (Å²) in [6, 6.07) is 7.49. The Balaban J connectivity index is 1.71. The van der Waals surface area contributed by atoms with E-state index in [2.05, 4.69) is 14.9 Å². The van der Waals surface area contributed by atoms with E-state index in [1.165, 1.54) is 0 Å². The van der Waals surface area contributed by atoms with Crippen LogP contribution in [0, 0.1) is 0 Å². The first-order valence-electron chi connectivity index (χ1n) is 9.49. The van der Waals surface area contributed by atoms with Gasteiger partial charge in [-0.05, 0) is 37.1 Å². The molecule has 148 valence electrons. The highest BCUT2D eigenvalue weighted by Crippen LogP contribution is 2.33. The Bertz CT molecular complexity index is 849. The molecule has 0 aliphatic carbocycles. The molecule has 3 heterocycles. The minimum absolute atomic E-state index is 0.00526. The van der Waals surface area contributed by atoms with Gasteiger partial charge >= 0.3 is 0 Å². The molecule has 28 heavy (non-hydrogen) atoms. The number of nitrogens with zero attached hydrogens (tertiary/aromatic N) is 5. The van der Waals surface area contributed by atoms with E-state index >= 15 is 0 Å². The van der Waals surface area contributed by atoms with E-state index in [4.69, 9.17) is 4.74 Å². The smallest absolute Gasteiger partial charge is 0.246 e. The fraction of sp³-hybridized carbons (Fsp3) is 0.450. The van der Waals surface area contributed by atoms with E-state index < -0.39 is 0 Å². The van der Waals surface area contributed by atoms with Crippen molar-refractivity contribution in [1.82, 2.24) is 9.97 Å². The molecule has 0 atom stereocenters. The maximum absolute atomic E-state index is 12.9. The Kier molecular flexibility index (Phi) is 5.04. The lowest BCUT2D eigenvalue weighted by Gasteiger charge is -2.32. The number of carbonyl (C=O) groups excluding carboxylic acids is 1. The summed E-state index contributed by atoms with van der Waals surface area (Å²) in [6.45, 7) is 2.13. The van der Waals surface area contributed by atoms with Gasteiger partial charge in [0.25, 0.3) is 0 Å². The van der Waals surface area contributed by atoms with Gasteiger partial charge in [0.15, 0.2) is 0 Å². The van der Waals surface area contributed by atoms with Crippen LogP contribution in [-0.4, -0.2) is 60.9 Å². The highest BCUT2D eigenvalue weighted by molar-refractivity contribution is 5.98. The minimum atomic E-state index is -0.253. The number of benzene rings is 1. The molecular formula is C20H25N5O3. The molecule has 1 aromatic heterocycles. The number of ether oxygens (including phenoxy) is 1. The zero-order valence-electron chi connectivity index (χ0n) is 16.2. The molecule has 0 bridgehead atoms. The van der Waals surface area contributed by atoms with E-state index in [1.807, 2.05) is 36.2 Å². The Morgan fingerprint density at radius 2 is 1.75 bits per heavy atom. The minimum Gasteiger partial charge on any atom is -0.497 e. The normalized spacial score (nSPS) is 18.1. The Hall–Kier alpha value is -2.87. The summed E-state index contributed by atoms with van der Waals surface area (Å²) in [6.07, 6.45) is 2.74. The van der Waals surface area contributed by atoms with Crippen LogP contribution >= 0.6 is 0 Å². The molecule has 8 heteroatoms. The number of carbonyl (C=O) groups is 1. The molecular weight excluding hydrogens is 358 g/mol. The van der Waals surface area contributed by atoms with Gasteiger partial charge in [-0.25, -0.2) is 9.97 Å². The maximum Gasteiger partial charge on any atom is 0.246 e. The van der Waals surface area contributed by atoms with Crippen molar-refractivity contribution < 1.29 is 14.6 Å². The number of piperidine rings is 1. The lowest BCUT2D eigenvalue weighted by atomic mass is 10.1. The second-order valence-corrected chi connectivity index (χ2v) is 7.25.